The molecule has 1 aliphatic rings. The van der Waals surface area contributed by atoms with Crippen LogP contribution in [0.3, 0.4) is 0 Å². The molecule has 1 aromatic carbocycles. The molecule has 0 unspecified atom stereocenters. The Kier molecular flexibility index (Phi) is 4.11. The first-order valence-corrected chi connectivity index (χ1v) is 8.21. The third kappa shape index (κ3) is 3.03. The van der Waals surface area contributed by atoms with Gasteiger partial charge in [-0.3, -0.25) is 4.79 Å². The summed E-state index contributed by atoms with van der Waals surface area (Å²) in [7, 11) is 0. The Labute approximate surface area is 141 Å². The number of rotatable bonds is 3. The fourth-order valence-corrected chi connectivity index (χ4v) is 2.99. The third-order valence-corrected chi connectivity index (χ3v) is 4.60. The zero-order valence-corrected chi connectivity index (χ0v) is 14.3. The van der Waals surface area contributed by atoms with E-state index in [2.05, 4.69) is 15.3 Å². The molecule has 1 N–H and O–H groups in total. The van der Waals surface area contributed by atoms with Crippen LogP contribution >= 0.6 is 0 Å². The van der Waals surface area contributed by atoms with Crippen LogP contribution in [-0.2, 0) is 15.6 Å². The van der Waals surface area contributed by atoms with Crippen molar-refractivity contribution in [3.63, 3.8) is 0 Å². The van der Waals surface area contributed by atoms with Crippen LogP contribution in [-0.4, -0.2) is 15.9 Å². The monoisotopic (exact) mass is 327 g/mol. The summed E-state index contributed by atoms with van der Waals surface area (Å²) in [5, 5.41) is 2.89. The first kappa shape index (κ1) is 16.6. The number of carbonyl (C=O) groups is 1. The molecule has 2 aromatic rings. The molecule has 3 rings (SSSR count). The molecule has 1 aliphatic carbocycles. The maximum atomic E-state index is 13.6. The summed E-state index contributed by atoms with van der Waals surface area (Å²) in [6, 6.07) is 6.32. The number of amides is 1. The molecule has 4 nitrogen and oxygen atoms in total. The highest BCUT2D eigenvalue weighted by molar-refractivity contribution is 5.99. The lowest BCUT2D eigenvalue weighted by Crippen LogP contribution is -2.46. The van der Waals surface area contributed by atoms with Crippen molar-refractivity contribution in [2.75, 3.05) is 5.32 Å². The van der Waals surface area contributed by atoms with Gasteiger partial charge in [0.1, 0.15) is 11.6 Å². The Morgan fingerprint density at radius 3 is 2.38 bits per heavy atom. The van der Waals surface area contributed by atoms with Gasteiger partial charge in [0, 0.05) is 5.41 Å². The van der Waals surface area contributed by atoms with Crippen LogP contribution < -0.4 is 5.32 Å². The fraction of sp³-hybridized carbons (Fsp3) is 0.421. The van der Waals surface area contributed by atoms with E-state index in [1.165, 1.54) is 12.1 Å². The number of halogens is 1. The lowest BCUT2D eigenvalue weighted by atomic mass is 9.63. The highest BCUT2D eigenvalue weighted by Crippen LogP contribution is 2.44. The van der Waals surface area contributed by atoms with E-state index in [1.54, 1.807) is 18.5 Å². The average molecular weight is 327 g/mol. The molecule has 0 spiro atoms. The highest BCUT2D eigenvalue weighted by Gasteiger charge is 2.45. The van der Waals surface area contributed by atoms with Crippen molar-refractivity contribution < 1.29 is 9.18 Å². The highest BCUT2D eigenvalue weighted by atomic mass is 19.1. The summed E-state index contributed by atoms with van der Waals surface area (Å²) in [6.07, 6.45) is 5.67. The molecule has 1 saturated carbocycles. The first-order valence-electron chi connectivity index (χ1n) is 8.21. The molecule has 1 amide bonds. The Hall–Kier alpha value is -2.30. The second kappa shape index (κ2) is 5.96. The second-order valence-electron chi connectivity index (χ2n) is 7.45. The van der Waals surface area contributed by atoms with Crippen LogP contribution in [0.5, 0.6) is 0 Å². The van der Waals surface area contributed by atoms with Crippen molar-refractivity contribution in [3.05, 3.63) is 53.9 Å². The number of hydrogen-bond donors (Lipinski definition) is 1. The average Bonchev–Trinajstić information content (AvgIpc) is 2.46. The van der Waals surface area contributed by atoms with Crippen molar-refractivity contribution in [3.8, 4) is 0 Å². The van der Waals surface area contributed by atoms with Gasteiger partial charge in [-0.15, -0.1) is 0 Å². The van der Waals surface area contributed by atoms with E-state index in [9.17, 15) is 9.18 Å². The first-order chi connectivity index (χ1) is 11.3. The van der Waals surface area contributed by atoms with Gasteiger partial charge < -0.3 is 5.32 Å². The van der Waals surface area contributed by atoms with Crippen molar-refractivity contribution >= 4 is 11.6 Å². The fourth-order valence-electron chi connectivity index (χ4n) is 2.99. The minimum absolute atomic E-state index is 0.119. The van der Waals surface area contributed by atoms with Gasteiger partial charge in [-0.1, -0.05) is 39.3 Å². The molecular weight excluding hydrogens is 305 g/mol. The molecule has 1 heterocycles. The lowest BCUT2D eigenvalue weighted by Gasteiger charge is -2.40. The molecule has 0 saturated heterocycles. The van der Waals surface area contributed by atoms with E-state index >= 15 is 0 Å². The number of carbonyl (C=O) groups excluding carboxylic acids is 1. The Balaban J connectivity index is 1.81. The van der Waals surface area contributed by atoms with Gasteiger partial charge in [0.2, 0.25) is 5.91 Å². The number of nitrogens with one attached hydrogen (secondary N) is 1. The van der Waals surface area contributed by atoms with Crippen LogP contribution in [0.1, 0.15) is 51.4 Å². The number of benzene rings is 1. The van der Waals surface area contributed by atoms with Crippen LogP contribution in [0.25, 0.3) is 0 Å². The second-order valence-corrected chi connectivity index (χ2v) is 7.45. The van der Waals surface area contributed by atoms with Crippen molar-refractivity contribution in [2.45, 2.75) is 50.9 Å². The molecule has 1 fully saturated rings. The van der Waals surface area contributed by atoms with Gasteiger partial charge in [-0.05, 0) is 30.5 Å². The van der Waals surface area contributed by atoms with E-state index < -0.39 is 5.41 Å². The SMILES string of the molecule is CC(C)(C)c1ncc(NC(=O)C2(c3cccc(F)c3)CCC2)cn1. The molecule has 0 atom stereocenters. The third-order valence-electron chi connectivity index (χ3n) is 4.60. The van der Waals surface area contributed by atoms with Gasteiger partial charge in [0.25, 0.3) is 0 Å². The number of hydrogen-bond acceptors (Lipinski definition) is 3. The molecule has 0 bridgehead atoms. The molecule has 0 aliphatic heterocycles. The molecule has 1 aromatic heterocycles. The maximum Gasteiger partial charge on any atom is 0.235 e. The van der Waals surface area contributed by atoms with Crippen LogP contribution in [0.2, 0.25) is 0 Å². The smallest absolute Gasteiger partial charge is 0.235 e. The summed E-state index contributed by atoms with van der Waals surface area (Å²) in [5.74, 6) is 0.292. The number of nitrogens with zero attached hydrogens (tertiary/aromatic N) is 2. The molecule has 126 valence electrons. The van der Waals surface area contributed by atoms with Gasteiger partial charge >= 0.3 is 0 Å². The normalized spacial score (nSPS) is 16.3. The zero-order chi connectivity index (χ0) is 17.4. The number of aromatic nitrogens is 2. The molecule has 0 radical (unpaired) electrons. The predicted octanol–water partition coefficient (Wildman–Crippen LogP) is 3.97. The Bertz CT molecular complexity index is 746. The van der Waals surface area contributed by atoms with Crippen LogP contribution in [0, 0.1) is 5.82 Å². The Morgan fingerprint density at radius 2 is 1.88 bits per heavy atom. The van der Waals surface area contributed by atoms with E-state index in [1.807, 2.05) is 26.8 Å². The number of anilines is 1. The summed E-state index contributed by atoms with van der Waals surface area (Å²) < 4.78 is 13.6. The van der Waals surface area contributed by atoms with Gasteiger partial charge in [0.15, 0.2) is 0 Å². The van der Waals surface area contributed by atoms with Crippen LogP contribution in [0.4, 0.5) is 10.1 Å². The predicted molar refractivity (Wildman–Crippen MR) is 91.3 cm³/mol. The van der Waals surface area contributed by atoms with Crippen molar-refractivity contribution in [1.29, 1.82) is 0 Å². The summed E-state index contributed by atoms with van der Waals surface area (Å²) >= 11 is 0. The summed E-state index contributed by atoms with van der Waals surface area (Å²) in [6.45, 7) is 6.11. The quantitative estimate of drug-likeness (QED) is 0.928. The van der Waals surface area contributed by atoms with Crippen molar-refractivity contribution in [2.24, 2.45) is 0 Å². The zero-order valence-electron chi connectivity index (χ0n) is 14.3. The van der Waals surface area contributed by atoms with Gasteiger partial charge in [-0.25, -0.2) is 14.4 Å². The topological polar surface area (TPSA) is 54.9 Å². The van der Waals surface area contributed by atoms with Crippen molar-refractivity contribution in [1.82, 2.24) is 9.97 Å². The molecule has 24 heavy (non-hydrogen) atoms. The lowest BCUT2D eigenvalue weighted by molar-refractivity contribution is -0.124. The van der Waals surface area contributed by atoms with Gasteiger partial charge in [-0.2, -0.15) is 0 Å². The van der Waals surface area contributed by atoms with E-state index in [-0.39, 0.29) is 17.1 Å². The largest absolute Gasteiger partial charge is 0.323 e. The van der Waals surface area contributed by atoms with E-state index in [0.29, 0.717) is 5.69 Å². The van der Waals surface area contributed by atoms with E-state index in [0.717, 1.165) is 30.7 Å². The maximum absolute atomic E-state index is 13.6. The minimum atomic E-state index is -0.648. The standard InChI is InChI=1S/C19H22FN3O/c1-18(2,3)16-21-11-15(12-22-16)23-17(24)19(8-5-9-19)13-6-4-7-14(20)10-13/h4,6-7,10-12H,5,8-9H2,1-3H3,(H,23,24). The molecule has 5 heteroatoms. The minimum Gasteiger partial charge on any atom is -0.323 e. The van der Waals surface area contributed by atoms with Gasteiger partial charge in [0.05, 0.1) is 23.5 Å². The summed E-state index contributed by atoms with van der Waals surface area (Å²) in [5.41, 5.74) is 0.513. The summed E-state index contributed by atoms with van der Waals surface area (Å²) in [4.78, 5) is 21.5. The van der Waals surface area contributed by atoms with E-state index in [4.69, 9.17) is 0 Å². The molecular formula is C19H22FN3O. The van der Waals surface area contributed by atoms with Crippen LogP contribution in [0.15, 0.2) is 36.7 Å². The Morgan fingerprint density at radius 1 is 1.21 bits per heavy atom.